The Balaban J connectivity index is 1.39. The first-order chi connectivity index (χ1) is 26.5. The molecule has 1 aromatic heterocycles. The summed E-state index contributed by atoms with van der Waals surface area (Å²) in [5.74, 6) is 0. The maximum absolute atomic E-state index is 7.36. The lowest BCUT2D eigenvalue weighted by Gasteiger charge is -2.44. The van der Waals surface area contributed by atoms with Gasteiger partial charge in [-0.05, 0) is 146 Å². The maximum atomic E-state index is 7.36. The van der Waals surface area contributed by atoms with Crippen LogP contribution in [0.15, 0.2) is 95.4 Å². The molecule has 4 heteroatoms. The molecule has 0 bridgehead atoms. The summed E-state index contributed by atoms with van der Waals surface area (Å²) >= 11 is 0. The van der Waals surface area contributed by atoms with E-state index in [2.05, 4.69) is 198 Å². The maximum Gasteiger partial charge on any atom is 0.297 e. The lowest BCUT2D eigenvalue weighted by atomic mass is 9.35. The van der Waals surface area contributed by atoms with Gasteiger partial charge in [0.1, 0.15) is 5.58 Å². The zero-order valence-corrected chi connectivity index (χ0v) is 37.0. The predicted molar refractivity (Wildman–Crippen MR) is 246 cm³/mol. The molecular formula is C53H61BN2O. The fourth-order valence-corrected chi connectivity index (χ4v) is 9.93. The molecular weight excluding hydrogens is 691 g/mol. The number of fused-ring (bicyclic) bond motifs is 7. The Hall–Kier alpha value is -4.70. The molecule has 3 nitrogen and oxygen atoms in total. The van der Waals surface area contributed by atoms with Crippen LogP contribution in [0.5, 0.6) is 0 Å². The van der Waals surface area contributed by atoms with Crippen LogP contribution in [-0.2, 0) is 27.1 Å². The zero-order chi connectivity index (χ0) is 40.8. The van der Waals surface area contributed by atoms with Crippen LogP contribution in [0.4, 0.5) is 34.1 Å². The van der Waals surface area contributed by atoms with E-state index in [9.17, 15) is 0 Å². The average Bonchev–Trinajstić information content (AvgIpc) is 3.50. The largest absolute Gasteiger partial charge is 0.468 e. The van der Waals surface area contributed by atoms with Crippen LogP contribution >= 0.6 is 0 Å². The summed E-state index contributed by atoms with van der Waals surface area (Å²) in [6, 6.07) is 35.6. The van der Waals surface area contributed by atoms with E-state index in [-0.39, 0.29) is 33.8 Å². The van der Waals surface area contributed by atoms with E-state index >= 15 is 0 Å². The summed E-state index contributed by atoms with van der Waals surface area (Å²) in [7, 11) is 0. The highest BCUT2D eigenvalue weighted by Gasteiger charge is 2.48. The van der Waals surface area contributed by atoms with Crippen molar-refractivity contribution >= 4 is 68.4 Å². The first-order valence-electron chi connectivity index (χ1n) is 21.3. The molecule has 57 heavy (non-hydrogen) atoms. The molecule has 0 saturated carbocycles. The normalized spacial score (nSPS) is 17.0. The Morgan fingerprint density at radius 3 is 1.72 bits per heavy atom. The molecule has 0 radical (unpaired) electrons. The van der Waals surface area contributed by atoms with Crippen molar-refractivity contribution in [2.75, 3.05) is 9.80 Å². The number of aryl methyl sites for hydroxylation is 1. The molecule has 0 fully saturated rings. The van der Waals surface area contributed by atoms with E-state index < -0.39 is 0 Å². The van der Waals surface area contributed by atoms with Crippen LogP contribution in [0, 0.1) is 6.92 Å². The summed E-state index contributed by atoms with van der Waals surface area (Å²) in [6.45, 7) is 32.6. The van der Waals surface area contributed by atoms with Gasteiger partial charge in [-0.15, -0.1) is 0 Å². The van der Waals surface area contributed by atoms with Crippen molar-refractivity contribution in [2.24, 2.45) is 0 Å². The van der Waals surface area contributed by atoms with E-state index in [0.717, 1.165) is 16.6 Å². The molecule has 0 saturated heterocycles. The standard InChI is InChI=1S/C53H61BN2O/c1-32-27-43-46-44(28-32)56(37-21-23-39-40(31-37)53(13,14)26-25-52(39,11)12)47-38-22-17-35(51(8,9)10)30-45(38)57-48(47)54(46)41-29-34(50(5,6)7)18-24-42(41)55(43)36-19-15-33(16-20-36)49(2,3)4/h15-24,27-31H,25-26H2,1-14H3. The SMILES string of the molecule is Cc1cc2c3c(c1)N(c1ccc4c(c1)C(C)(C)CCC4(C)C)c1c(oc4cc(C(C)(C)C)ccc14)B3c1cc(C(C)(C)C)ccc1N2c1ccc(C(C)(C)C)cc1. The topological polar surface area (TPSA) is 19.6 Å². The van der Waals surface area contributed by atoms with Gasteiger partial charge in [-0.3, -0.25) is 0 Å². The third kappa shape index (κ3) is 5.91. The molecule has 3 aliphatic rings. The van der Waals surface area contributed by atoms with Gasteiger partial charge in [-0.25, -0.2) is 0 Å². The van der Waals surface area contributed by atoms with E-state index in [4.69, 9.17) is 4.42 Å². The van der Waals surface area contributed by atoms with Gasteiger partial charge in [0.05, 0.1) is 11.3 Å². The highest BCUT2D eigenvalue weighted by molar-refractivity contribution is 7.00. The molecule has 5 aromatic carbocycles. The second-order valence-corrected chi connectivity index (χ2v) is 21.9. The van der Waals surface area contributed by atoms with Gasteiger partial charge in [0.2, 0.25) is 0 Å². The van der Waals surface area contributed by atoms with Crippen molar-refractivity contribution in [3.8, 4) is 0 Å². The number of nitrogens with zero attached hydrogens (tertiary/aromatic N) is 2. The number of anilines is 6. The van der Waals surface area contributed by atoms with Crippen molar-refractivity contribution in [3.63, 3.8) is 0 Å². The third-order valence-electron chi connectivity index (χ3n) is 13.6. The summed E-state index contributed by atoms with van der Waals surface area (Å²) in [4.78, 5) is 5.09. The van der Waals surface area contributed by atoms with Crippen molar-refractivity contribution in [1.29, 1.82) is 0 Å². The Morgan fingerprint density at radius 1 is 0.544 bits per heavy atom. The van der Waals surface area contributed by atoms with Crippen LogP contribution < -0.4 is 26.4 Å². The molecule has 2 aliphatic heterocycles. The number of benzene rings is 5. The highest BCUT2D eigenvalue weighted by atomic mass is 16.3. The fraction of sp³-hybridized carbons (Fsp3) is 0.396. The molecule has 9 rings (SSSR count). The van der Waals surface area contributed by atoms with E-state index in [1.54, 1.807) is 0 Å². The number of furan rings is 1. The zero-order valence-electron chi connectivity index (χ0n) is 37.0. The minimum atomic E-state index is -0.0808. The average molecular weight is 753 g/mol. The smallest absolute Gasteiger partial charge is 0.297 e. The molecule has 0 spiro atoms. The van der Waals surface area contributed by atoms with Crippen molar-refractivity contribution in [3.05, 3.63) is 124 Å². The highest BCUT2D eigenvalue weighted by Crippen LogP contribution is 2.51. The Bertz CT molecular complexity index is 2600. The van der Waals surface area contributed by atoms with Crippen molar-refractivity contribution in [2.45, 2.75) is 137 Å². The van der Waals surface area contributed by atoms with Crippen LogP contribution in [0.2, 0.25) is 0 Å². The van der Waals surface area contributed by atoms with E-state index in [1.807, 2.05) is 0 Å². The van der Waals surface area contributed by atoms with Gasteiger partial charge in [-0.2, -0.15) is 0 Å². The van der Waals surface area contributed by atoms with Crippen molar-refractivity contribution in [1.82, 2.24) is 0 Å². The Labute approximate surface area is 342 Å². The summed E-state index contributed by atoms with van der Waals surface area (Å²) in [5, 5.41) is 1.16. The Kier molecular flexibility index (Phi) is 8.08. The first-order valence-corrected chi connectivity index (χ1v) is 21.3. The fourth-order valence-electron chi connectivity index (χ4n) is 9.93. The molecule has 0 atom stereocenters. The second kappa shape index (κ2) is 12.2. The lowest BCUT2D eigenvalue weighted by Crippen LogP contribution is -2.61. The summed E-state index contributed by atoms with van der Waals surface area (Å²) in [6.07, 6.45) is 2.36. The molecule has 1 aliphatic carbocycles. The van der Waals surface area contributed by atoms with Gasteiger partial charge in [0, 0.05) is 33.8 Å². The minimum absolute atomic E-state index is 0.00656. The number of hydrogen-bond acceptors (Lipinski definition) is 3. The minimum Gasteiger partial charge on any atom is -0.468 e. The van der Waals surface area contributed by atoms with Crippen LogP contribution in [0.1, 0.15) is 136 Å². The molecule has 292 valence electrons. The molecule has 0 N–H and O–H groups in total. The van der Waals surface area contributed by atoms with E-state index in [0.29, 0.717) is 0 Å². The van der Waals surface area contributed by atoms with Gasteiger partial charge in [-0.1, -0.05) is 126 Å². The predicted octanol–water partition coefficient (Wildman–Crippen LogP) is 13.1. The quantitative estimate of drug-likeness (QED) is 0.164. The first kappa shape index (κ1) is 37.9. The van der Waals surface area contributed by atoms with Gasteiger partial charge in [0.25, 0.3) is 6.71 Å². The number of hydrogen-bond donors (Lipinski definition) is 0. The summed E-state index contributed by atoms with van der Waals surface area (Å²) in [5.41, 5.74) is 20.2. The monoisotopic (exact) mass is 752 g/mol. The molecule has 6 aromatic rings. The van der Waals surface area contributed by atoms with Gasteiger partial charge >= 0.3 is 0 Å². The van der Waals surface area contributed by atoms with Gasteiger partial charge < -0.3 is 14.2 Å². The molecule has 0 unspecified atom stereocenters. The number of rotatable bonds is 2. The molecule has 3 heterocycles. The van der Waals surface area contributed by atoms with E-state index in [1.165, 1.54) is 91.3 Å². The Morgan fingerprint density at radius 2 is 1.09 bits per heavy atom. The lowest BCUT2D eigenvalue weighted by molar-refractivity contribution is 0.332. The molecule has 0 amide bonds. The second-order valence-electron chi connectivity index (χ2n) is 21.9. The van der Waals surface area contributed by atoms with Crippen molar-refractivity contribution < 1.29 is 4.42 Å². The van der Waals surface area contributed by atoms with Crippen LogP contribution in [-0.4, -0.2) is 6.71 Å². The van der Waals surface area contributed by atoms with Gasteiger partial charge in [0.15, 0.2) is 0 Å². The third-order valence-corrected chi connectivity index (χ3v) is 13.6. The summed E-state index contributed by atoms with van der Waals surface area (Å²) < 4.78 is 7.36. The van der Waals surface area contributed by atoms with Crippen LogP contribution in [0.25, 0.3) is 11.0 Å². The van der Waals surface area contributed by atoms with Crippen LogP contribution in [0.3, 0.4) is 0 Å².